The lowest BCUT2D eigenvalue weighted by atomic mass is 10.1. The molecule has 0 radical (unpaired) electrons. The Balaban J connectivity index is 2.88. The number of nitrogens with zero attached hydrogens (tertiary/aromatic N) is 2. The molecule has 0 amide bonds. The standard InChI is InChI=1S/C13H12N2O5/c14-7-1-2-8-20-12-5-3-10(4-6-13(16)17)9-11(12)15(18)19/h3-6,9H,1-2,8H2,(H,16,17)/b6-4+. The summed E-state index contributed by atoms with van der Waals surface area (Å²) in [5.74, 6) is -1.04. The summed E-state index contributed by atoms with van der Waals surface area (Å²) in [6.45, 7) is 0.207. The maximum absolute atomic E-state index is 10.9. The number of rotatable bonds is 7. The Labute approximate surface area is 114 Å². The summed E-state index contributed by atoms with van der Waals surface area (Å²) < 4.78 is 5.25. The van der Waals surface area contributed by atoms with Gasteiger partial charge in [0.05, 0.1) is 17.6 Å². The highest BCUT2D eigenvalue weighted by Crippen LogP contribution is 2.28. The average molecular weight is 276 g/mol. The number of benzene rings is 1. The summed E-state index contributed by atoms with van der Waals surface area (Å²) in [5.41, 5.74) is 0.151. The smallest absolute Gasteiger partial charge is 0.328 e. The van der Waals surface area contributed by atoms with Gasteiger partial charge >= 0.3 is 11.7 Å². The maximum atomic E-state index is 10.9. The van der Waals surface area contributed by atoms with Crippen LogP contribution in [-0.4, -0.2) is 22.6 Å². The minimum atomic E-state index is -1.13. The molecule has 0 bridgehead atoms. The van der Waals surface area contributed by atoms with Gasteiger partial charge < -0.3 is 9.84 Å². The van der Waals surface area contributed by atoms with Crippen LogP contribution >= 0.6 is 0 Å². The minimum absolute atomic E-state index is 0.0976. The van der Waals surface area contributed by atoms with E-state index in [4.69, 9.17) is 15.1 Å². The number of nitro benzene ring substituents is 1. The van der Waals surface area contributed by atoms with Gasteiger partial charge in [0.25, 0.3) is 0 Å². The largest absolute Gasteiger partial charge is 0.487 e. The molecular weight excluding hydrogens is 264 g/mol. The summed E-state index contributed by atoms with van der Waals surface area (Å²) in [5, 5.41) is 27.8. The monoisotopic (exact) mass is 276 g/mol. The molecule has 1 rings (SSSR count). The van der Waals surface area contributed by atoms with Crippen molar-refractivity contribution in [2.75, 3.05) is 6.61 Å². The van der Waals surface area contributed by atoms with Gasteiger partial charge in [0.2, 0.25) is 0 Å². The van der Waals surface area contributed by atoms with Gasteiger partial charge in [-0.3, -0.25) is 10.1 Å². The second-order valence-corrected chi connectivity index (χ2v) is 3.77. The van der Waals surface area contributed by atoms with Crippen LogP contribution in [0.4, 0.5) is 5.69 Å². The molecule has 0 aliphatic carbocycles. The van der Waals surface area contributed by atoms with E-state index >= 15 is 0 Å². The third kappa shape index (κ3) is 4.78. The molecule has 20 heavy (non-hydrogen) atoms. The van der Waals surface area contributed by atoms with Gasteiger partial charge in [0.1, 0.15) is 0 Å². The molecule has 0 unspecified atom stereocenters. The zero-order valence-corrected chi connectivity index (χ0v) is 10.5. The Bertz CT molecular complexity index is 575. The van der Waals surface area contributed by atoms with Crippen LogP contribution in [0.3, 0.4) is 0 Å². The van der Waals surface area contributed by atoms with Crippen molar-refractivity contribution in [1.82, 2.24) is 0 Å². The highest BCUT2D eigenvalue weighted by Gasteiger charge is 2.15. The molecule has 0 aliphatic rings. The van der Waals surface area contributed by atoms with Gasteiger partial charge in [0.15, 0.2) is 5.75 Å². The van der Waals surface area contributed by atoms with Gasteiger partial charge in [-0.15, -0.1) is 0 Å². The molecule has 0 aliphatic heterocycles. The van der Waals surface area contributed by atoms with Crippen LogP contribution in [0.1, 0.15) is 18.4 Å². The summed E-state index contributed by atoms with van der Waals surface area (Å²) >= 11 is 0. The first-order valence-electron chi connectivity index (χ1n) is 5.74. The molecule has 7 nitrogen and oxygen atoms in total. The molecule has 0 aromatic heterocycles. The van der Waals surface area contributed by atoms with Crippen molar-refractivity contribution in [3.05, 3.63) is 40.0 Å². The minimum Gasteiger partial charge on any atom is -0.487 e. The van der Waals surface area contributed by atoms with Crippen LogP contribution in [0.15, 0.2) is 24.3 Å². The van der Waals surface area contributed by atoms with Crippen molar-refractivity contribution in [1.29, 1.82) is 5.26 Å². The third-order valence-electron chi connectivity index (χ3n) is 2.29. The van der Waals surface area contributed by atoms with E-state index in [0.29, 0.717) is 18.4 Å². The van der Waals surface area contributed by atoms with Crippen LogP contribution in [0.5, 0.6) is 5.75 Å². The first-order chi connectivity index (χ1) is 9.54. The summed E-state index contributed by atoms with van der Waals surface area (Å²) in [7, 11) is 0. The SMILES string of the molecule is N#CCCCOc1ccc(/C=C/C(=O)O)cc1[N+](=O)[O-]. The molecule has 1 aromatic rings. The van der Waals surface area contributed by atoms with E-state index in [-0.39, 0.29) is 18.0 Å². The number of ether oxygens (including phenoxy) is 1. The predicted molar refractivity (Wildman–Crippen MR) is 70.1 cm³/mol. The summed E-state index contributed by atoms with van der Waals surface area (Å²) in [6.07, 6.45) is 2.95. The second kappa shape index (κ2) is 7.53. The highest BCUT2D eigenvalue weighted by atomic mass is 16.6. The number of hydrogen-bond donors (Lipinski definition) is 1. The van der Waals surface area contributed by atoms with E-state index in [2.05, 4.69) is 0 Å². The molecule has 0 fully saturated rings. The van der Waals surface area contributed by atoms with Crippen LogP contribution in [0.25, 0.3) is 6.08 Å². The summed E-state index contributed by atoms with van der Waals surface area (Å²) in [6, 6.07) is 6.11. The van der Waals surface area contributed by atoms with Crippen LogP contribution in [-0.2, 0) is 4.79 Å². The third-order valence-corrected chi connectivity index (χ3v) is 2.29. The second-order valence-electron chi connectivity index (χ2n) is 3.77. The Morgan fingerprint density at radius 3 is 2.90 bits per heavy atom. The molecule has 1 aromatic carbocycles. The molecule has 1 N–H and O–H groups in total. The average Bonchev–Trinajstić information content (AvgIpc) is 2.41. The van der Waals surface area contributed by atoms with E-state index in [1.54, 1.807) is 0 Å². The van der Waals surface area contributed by atoms with E-state index in [1.807, 2.05) is 6.07 Å². The zero-order chi connectivity index (χ0) is 15.0. The first kappa shape index (κ1) is 15.2. The van der Waals surface area contributed by atoms with Crippen molar-refractivity contribution in [3.63, 3.8) is 0 Å². The maximum Gasteiger partial charge on any atom is 0.328 e. The molecule has 0 saturated carbocycles. The molecule has 7 heteroatoms. The van der Waals surface area contributed by atoms with Crippen LogP contribution in [0, 0.1) is 21.4 Å². The van der Waals surface area contributed by atoms with Crippen molar-refractivity contribution in [3.8, 4) is 11.8 Å². The van der Waals surface area contributed by atoms with E-state index in [0.717, 1.165) is 6.08 Å². The first-order valence-corrected chi connectivity index (χ1v) is 5.74. The quantitative estimate of drug-likeness (QED) is 0.354. The summed E-state index contributed by atoms with van der Waals surface area (Å²) in [4.78, 5) is 20.7. The van der Waals surface area contributed by atoms with Crippen LogP contribution in [0.2, 0.25) is 0 Å². The molecule has 0 saturated heterocycles. The van der Waals surface area contributed by atoms with Crippen LogP contribution < -0.4 is 4.74 Å². The number of hydrogen-bond acceptors (Lipinski definition) is 5. The van der Waals surface area contributed by atoms with Gasteiger partial charge in [-0.1, -0.05) is 6.07 Å². The Hall–Kier alpha value is -2.88. The van der Waals surface area contributed by atoms with E-state index in [1.165, 1.54) is 24.3 Å². The van der Waals surface area contributed by atoms with E-state index in [9.17, 15) is 14.9 Å². The van der Waals surface area contributed by atoms with Crippen molar-refractivity contribution in [2.24, 2.45) is 0 Å². The number of carboxylic acid groups (broad SMARTS) is 1. The Morgan fingerprint density at radius 1 is 1.55 bits per heavy atom. The molecule has 0 heterocycles. The fraction of sp³-hybridized carbons (Fsp3) is 0.231. The van der Waals surface area contributed by atoms with E-state index < -0.39 is 10.9 Å². The van der Waals surface area contributed by atoms with Gasteiger partial charge in [-0.2, -0.15) is 5.26 Å². The lowest BCUT2D eigenvalue weighted by Crippen LogP contribution is -2.00. The van der Waals surface area contributed by atoms with Crippen molar-refractivity contribution < 1.29 is 19.6 Å². The highest BCUT2D eigenvalue weighted by molar-refractivity contribution is 5.85. The number of carbonyl (C=O) groups is 1. The fourth-order valence-electron chi connectivity index (χ4n) is 1.40. The van der Waals surface area contributed by atoms with Gasteiger partial charge in [-0.25, -0.2) is 4.79 Å². The predicted octanol–water partition coefficient (Wildman–Crippen LogP) is 2.38. The number of nitro groups is 1. The van der Waals surface area contributed by atoms with Crippen molar-refractivity contribution >= 4 is 17.7 Å². The number of nitriles is 1. The number of unbranched alkanes of at least 4 members (excludes halogenated alkanes) is 1. The fourth-order valence-corrected chi connectivity index (χ4v) is 1.40. The molecule has 0 spiro atoms. The van der Waals surface area contributed by atoms with Gasteiger partial charge in [-0.05, 0) is 24.1 Å². The topological polar surface area (TPSA) is 113 Å². The lowest BCUT2D eigenvalue weighted by molar-refractivity contribution is -0.385. The molecular formula is C13H12N2O5. The lowest BCUT2D eigenvalue weighted by Gasteiger charge is -2.06. The van der Waals surface area contributed by atoms with Gasteiger partial charge in [0, 0.05) is 18.6 Å². The number of aliphatic carboxylic acids is 1. The molecule has 104 valence electrons. The molecule has 0 atom stereocenters. The Kier molecular flexibility index (Phi) is 5.72. The zero-order valence-electron chi connectivity index (χ0n) is 10.5. The Morgan fingerprint density at radius 2 is 2.30 bits per heavy atom. The normalized spacial score (nSPS) is 10.2. The van der Waals surface area contributed by atoms with Crippen molar-refractivity contribution in [2.45, 2.75) is 12.8 Å². The number of carboxylic acids is 1.